The van der Waals surface area contributed by atoms with Crippen LogP contribution in [0.3, 0.4) is 0 Å². The van der Waals surface area contributed by atoms with Gasteiger partial charge in [0.1, 0.15) is 0 Å². The Morgan fingerprint density at radius 3 is 2.57 bits per heavy atom. The van der Waals surface area contributed by atoms with Crippen LogP contribution in [-0.4, -0.2) is 51.2 Å². The molecule has 0 aliphatic carbocycles. The number of para-hydroxylation sites is 2. The van der Waals surface area contributed by atoms with Crippen LogP contribution in [0.2, 0.25) is 0 Å². The molecule has 9 heteroatoms. The molecular formula is C21H27N5O3S. The molecule has 1 aromatic carbocycles. The van der Waals surface area contributed by atoms with Crippen molar-refractivity contribution in [3.05, 3.63) is 45.8 Å². The minimum absolute atomic E-state index is 0.0621. The molecule has 3 heterocycles. The van der Waals surface area contributed by atoms with Gasteiger partial charge in [0.05, 0.1) is 29.9 Å². The highest BCUT2D eigenvalue weighted by atomic mass is 32.1. The largest absolute Gasteiger partial charge is 0.379 e. The number of imidazole rings is 1. The van der Waals surface area contributed by atoms with Gasteiger partial charge in [-0.15, -0.1) is 11.3 Å². The van der Waals surface area contributed by atoms with Crippen LogP contribution >= 0.6 is 11.3 Å². The third-order valence-electron chi connectivity index (χ3n) is 5.22. The molecule has 160 valence electrons. The van der Waals surface area contributed by atoms with Gasteiger partial charge < -0.3 is 10.1 Å². The molecule has 0 radical (unpaired) electrons. The van der Waals surface area contributed by atoms with Crippen LogP contribution < -0.4 is 11.0 Å². The fourth-order valence-corrected chi connectivity index (χ4v) is 4.47. The van der Waals surface area contributed by atoms with Crippen molar-refractivity contribution >= 4 is 33.4 Å². The number of hydrogen-bond donors (Lipinski definition) is 1. The Morgan fingerprint density at radius 2 is 1.87 bits per heavy atom. The van der Waals surface area contributed by atoms with E-state index in [2.05, 4.69) is 15.2 Å². The molecule has 0 unspecified atom stereocenters. The summed E-state index contributed by atoms with van der Waals surface area (Å²) in [5.74, 6) is -0.138. The van der Waals surface area contributed by atoms with Crippen molar-refractivity contribution in [3.8, 4) is 0 Å². The molecule has 0 saturated carbocycles. The van der Waals surface area contributed by atoms with Crippen molar-refractivity contribution in [2.45, 2.75) is 39.4 Å². The number of morpholine rings is 1. The molecular weight excluding hydrogens is 402 g/mol. The number of nitrogens with zero attached hydrogens (tertiary/aromatic N) is 4. The average molecular weight is 430 g/mol. The van der Waals surface area contributed by atoms with Gasteiger partial charge in [0, 0.05) is 44.5 Å². The highest BCUT2D eigenvalue weighted by Crippen LogP contribution is 2.18. The van der Waals surface area contributed by atoms with Crippen molar-refractivity contribution in [1.82, 2.24) is 19.0 Å². The lowest BCUT2D eigenvalue weighted by atomic mass is 10.3. The summed E-state index contributed by atoms with van der Waals surface area (Å²) in [4.78, 5) is 32.1. The standard InChI is InChI=1S/C21H27N5O3S/c1-2-8-25-17-5-3-4-6-18(17)26(21(25)28)9-7-19(27)23-20-22-16(15-30-20)14-24-10-12-29-13-11-24/h3-6,15H,2,7-14H2,1H3,(H,22,23,27). The second-order valence-corrected chi connectivity index (χ2v) is 8.26. The molecule has 1 aliphatic rings. The maximum Gasteiger partial charge on any atom is 0.329 e. The van der Waals surface area contributed by atoms with E-state index in [4.69, 9.17) is 4.74 Å². The Kier molecular flexibility index (Phi) is 6.61. The van der Waals surface area contributed by atoms with Crippen LogP contribution in [0.15, 0.2) is 34.4 Å². The number of aromatic nitrogens is 3. The molecule has 8 nitrogen and oxygen atoms in total. The number of ether oxygens (including phenoxy) is 1. The molecule has 1 N–H and O–H groups in total. The van der Waals surface area contributed by atoms with Gasteiger partial charge in [0.2, 0.25) is 5.91 Å². The number of fused-ring (bicyclic) bond motifs is 1. The number of carbonyl (C=O) groups is 1. The predicted molar refractivity (Wildman–Crippen MR) is 118 cm³/mol. The van der Waals surface area contributed by atoms with Gasteiger partial charge >= 0.3 is 5.69 Å². The van der Waals surface area contributed by atoms with Crippen molar-refractivity contribution in [1.29, 1.82) is 0 Å². The van der Waals surface area contributed by atoms with Gasteiger partial charge in [-0.2, -0.15) is 0 Å². The molecule has 1 amide bonds. The monoisotopic (exact) mass is 429 g/mol. The quantitative estimate of drug-likeness (QED) is 0.595. The van der Waals surface area contributed by atoms with E-state index in [0.717, 1.165) is 56.0 Å². The fraction of sp³-hybridized carbons (Fsp3) is 0.476. The second-order valence-electron chi connectivity index (χ2n) is 7.41. The van der Waals surface area contributed by atoms with Crippen molar-refractivity contribution in [2.24, 2.45) is 0 Å². The number of hydrogen-bond acceptors (Lipinski definition) is 6. The number of amides is 1. The highest BCUT2D eigenvalue weighted by molar-refractivity contribution is 7.13. The highest BCUT2D eigenvalue weighted by Gasteiger charge is 2.15. The predicted octanol–water partition coefficient (Wildman–Crippen LogP) is 2.53. The SMILES string of the molecule is CCCn1c(=O)n(CCC(=O)Nc2nc(CN3CCOCC3)cs2)c2ccccc21. The molecule has 0 atom stereocenters. The molecule has 2 aromatic heterocycles. The summed E-state index contributed by atoms with van der Waals surface area (Å²) in [6.07, 6.45) is 1.10. The molecule has 1 saturated heterocycles. The maximum absolute atomic E-state index is 12.8. The second kappa shape index (κ2) is 9.55. The van der Waals surface area contributed by atoms with Crippen molar-refractivity contribution in [2.75, 3.05) is 31.6 Å². The number of nitrogens with one attached hydrogen (secondary N) is 1. The smallest absolute Gasteiger partial charge is 0.329 e. The number of rotatable bonds is 8. The van der Waals surface area contributed by atoms with Gasteiger partial charge in [-0.05, 0) is 18.6 Å². The third-order valence-corrected chi connectivity index (χ3v) is 6.03. The Bertz CT molecular complexity index is 1060. The maximum atomic E-state index is 12.8. The number of thiazole rings is 1. The molecule has 4 rings (SSSR count). The van der Waals surface area contributed by atoms with Gasteiger partial charge in [0.15, 0.2) is 5.13 Å². The molecule has 3 aromatic rings. The number of anilines is 1. The normalized spacial score (nSPS) is 15.0. The zero-order chi connectivity index (χ0) is 20.9. The van der Waals surface area contributed by atoms with E-state index in [0.29, 0.717) is 18.2 Å². The first-order valence-corrected chi connectivity index (χ1v) is 11.3. The van der Waals surface area contributed by atoms with E-state index in [9.17, 15) is 9.59 Å². The first kappa shape index (κ1) is 20.8. The average Bonchev–Trinajstić information content (AvgIpc) is 3.30. The van der Waals surface area contributed by atoms with E-state index >= 15 is 0 Å². The van der Waals surface area contributed by atoms with Crippen LogP contribution in [0.5, 0.6) is 0 Å². The number of aryl methyl sites for hydroxylation is 2. The molecule has 1 fully saturated rings. The van der Waals surface area contributed by atoms with Gasteiger partial charge in [-0.1, -0.05) is 19.1 Å². The summed E-state index contributed by atoms with van der Waals surface area (Å²) in [5.41, 5.74) is 2.67. The van der Waals surface area contributed by atoms with Crippen molar-refractivity contribution < 1.29 is 9.53 Å². The zero-order valence-corrected chi connectivity index (χ0v) is 18.0. The van der Waals surface area contributed by atoms with Crippen LogP contribution in [0.4, 0.5) is 5.13 Å². The summed E-state index contributed by atoms with van der Waals surface area (Å²) in [6.45, 7) is 7.13. The lowest BCUT2D eigenvalue weighted by Gasteiger charge is -2.25. The van der Waals surface area contributed by atoms with Crippen LogP contribution in [0.25, 0.3) is 11.0 Å². The van der Waals surface area contributed by atoms with E-state index in [-0.39, 0.29) is 18.0 Å². The first-order chi connectivity index (χ1) is 14.7. The molecule has 0 bridgehead atoms. The third kappa shape index (κ3) is 4.63. The van der Waals surface area contributed by atoms with Gasteiger partial charge in [0.25, 0.3) is 0 Å². The van der Waals surface area contributed by atoms with Crippen LogP contribution in [0.1, 0.15) is 25.5 Å². The molecule has 1 aliphatic heterocycles. The summed E-state index contributed by atoms with van der Waals surface area (Å²) in [6, 6.07) is 7.73. The minimum Gasteiger partial charge on any atom is -0.379 e. The first-order valence-electron chi connectivity index (χ1n) is 10.4. The van der Waals surface area contributed by atoms with E-state index in [1.807, 2.05) is 36.6 Å². The van der Waals surface area contributed by atoms with Gasteiger partial charge in [-0.25, -0.2) is 9.78 Å². The van der Waals surface area contributed by atoms with Crippen LogP contribution in [-0.2, 0) is 29.2 Å². The number of benzene rings is 1. The number of carbonyl (C=O) groups excluding carboxylic acids is 1. The van der Waals surface area contributed by atoms with Crippen LogP contribution in [0, 0.1) is 0 Å². The summed E-state index contributed by atoms with van der Waals surface area (Å²) in [5, 5.41) is 5.45. The van der Waals surface area contributed by atoms with E-state index < -0.39 is 0 Å². The Morgan fingerprint density at radius 1 is 1.17 bits per heavy atom. The lowest BCUT2D eigenvalue weighted by Crippen LogP contribution is -2.35. The lowest BCUT2D eigenvalue weighted by molar-refractivity contribution is -0.116. The Labute approximate surface area is 179 Å². The Balaban J connectivity index is 1.37. The summed E-state index contributed by atoms with van der Waals surface area (Å²) in [7, 11) is 0. The fourth-order valence-electron chi connectivity index (χ4n) is 3.75. The minimum atomic E-state index is -0.138. The Hall–Kier alpha value is -2.49. The molecule has 0 spiro atoms. The van der Waals surface area contributed by atoms with E-state index in [1.165, 1.54) is 11.3 Å². The summed E-state index contributed by atoms with van der Waals surface area (Å²) >= 11 is 1.43. The summed E-state index contributed by atoms with van der Waals surface area (Å²) < 4.78 is 8.84. The van der Waals surface area contributed by atoms with Crippen molar-refractivity contribution in [3.63, 3.8) is 0 Å². The molecule has 30 heavy (non-hydrogen) atoms. The van der Waals surface area contributed by atoms with Gasteiger partial charge in [-0.3, -0.25) is 18.8 Å². The topological polar surface area (TPSA) is 81.4 Å². The zero-order valence-electron chi connectivity index (χ0n) is 17.2. The van der Waals surface area contributed by atoms with E-state index in [1.54, 1.807) is 9.13 Å².